The van der Waals surface area contributed by atoms with Gasteiger partial charge in [-0.3, -0.25) is 9.59 Å². The molecule has 0 aliphatic carbocycles. The molecule has 84 valence electrons. The third-order valence-electron chi connectivity index (χ3n) is 1.64. The van der Waals surface area contributed by atoms with Gasteiger partial charge in [-0.1, -0.05) is 6.92 Å². The van der Waals surface area contributed by atoms with Crippen molar-refractivity contribution in [2.75, 3.05) is 13.2 Å². The number of hydrogen-bond donors (Lipinski definition) is 0. The first-order chi connectivity index (χ1) is 7.11. The van der Waals surface area contributed by atoms with Gasteiger partial charge < -0.3 is 9.47 Å². The van der Waals surface area contributed by atoms with Gasteiger partial charge >= 0.3 is 11.9 Å². The van der Waals surface area contributed by atoms with E-state index in [0.717, 1.165) is 0 Å². The Morgan fingerprint density at radius 1 is 1.40 bits per heavy atom. The smallest absolute Gasteiger partial charge is 0.309 e. The Kier molecular flexibility index (Phi) is 6.98. The van der Waals surface area contributed by atoms with Crippen molar-refractivity contribution < 1.29 is 19.1 Å². The second-order valence-corrected chi connectivity index (χ2v) is 2.99. The Morgan fingerprint density at radius 3 is 2.60 bits per heavy atom. The molecule has 5 heteroatoms. The average Bonchev–Trinajstić information content (AvgIpc) is 2.18. The zero-order valence-electron chi connectivity index (χ0n) is 8.99. The predicted molar refractivity (Wildman–Crippen MR) is 51.6 cm³/mol. The first-order valence-corrected chi connectivity index (χ1v) is 4.81. The maximum Gasteiger partial charge on any atom is 0.309 e. The largest absolute Gasteiger partial charge is 0.466 e. The maximum atomic E-state index is 11.1. The Balaban J connectivity index is 3.76. The van der Waals surface area contributed by atoms with E-state index in [9.17, 15) is 9.59 Å². The van der Waals surface area contributed by atoms with Gasteiger partial charge in [-0.05, 0) is 6.92 Å². The van der Waals surface area contributed by atoms with E-state index in [1.54, 1.807) is 13.8 Å². The van der Waals surface area contributed by atoms with Crippen molar-refractivity contribution >= 4 is 11.9 Å². The molecule has 1 unspecified atom stereocenters. The fourth-order valence-corrected chi connectivity index (χ4v) is 0.887. The maximum absolute atomic E-state index is 11.1. The standard InChI is InChI=1S/C10H15NO4/c1-3-14-10(13)8(2)7-9(12)15-6-4-5-11/h8H,3-4,6-7H2,1-2H3. The zero-order chi connectivity index (χ0) is 11.7. The van der Waals surface area contributed by atoms with Crippen molar-refractivity contribution in [2.24, 2.45) is 5.92 Å². The summed E-state index contributed by atoms with van der Waals surface area (Å²) in [4.78, 5) is 22.2. The predicted octanol–water partition coefficient (Wildman–Crippen LogP) is 1.03. The second-order valence-electron chi connectivity index (χ2n) is 2.99. The van der Waals surface area contributed by atoms with Gasteiger partial charge in [0.05, 0.1) is 31.4 Å². The molecule has 0 bridgehead atoms. The third-order valence-corrected chi connectivity index (χ3v) is 1.64. The van der Waals surface area contributed by atoms with Crippen LogP contribution in [0.15, 0.2) is 0 Å². The molecule has 0 aromatic heterocycles. The molecule has 0 heterocycles. The fourth-order valence-electron chi connectivity index (χ4n) is 0.887. The molecule has 1 atom stereocenters. The van der Waals surface area contributed by atoms with Crippen LogP contribution in [0.1, 0.15) is 26.7 Å². The highest BCUT2D eigenvalue weighted by Crippen LogP contribution is 2.06. The van der Waals surface area contributed by atoms with Crippen LogP contribution in [0.3, 0.4) is 0 Å². The van der Waals surface area contributed by atoms with Crippen LogP contribution >= 0.6 is 0 Å². The Bertz CT molecular complexity index is 257. The summed E-state index contributed by atoms with van der Waals surface area (Å²) in [6, 6.07) is 1.85. The number of hydrogen-bond acceptors (Lipinski definition) is 5. The molecule has 0 amide bonds. The fraction of sp³-hybridized carbons (Fsp3) is 0.700. The van der Waals surface area contributed by atoms with Crippen LogP contribution < -0.4 is 0 Å². The molecule has 0 radical (unpaired) electrons. The van der Waals surface area contributed by atoms with Gasteiger partial charge in [0.2, 0.25) is 0 Å². The lowest BCUT2D eigenvalue weighted by Crippen LogP contribution is -2.19. The molecule has 0 rings (SSSR count). The molecule has 0 N–H and O–H groups in total. The summed E-state index contributed by atoms with van der Waals surface area (Å²) < 4.78 is 9.44. The van der Waals surface area contributed by atoms with Gasteiger partial charge in [0.25, 0.3) is 0 Å². The van der Waals surface area contributed by atoms with Gasteiger partial charge in [0.15, 0.2) is 0 Å². The van der Waals surface area contributed by atoms with E-state index in [1.165, 1.54) is 0 Å². The summed E-state index contributed by atoms with van der Waals surface area (Å²) in [5, 5.41) is 8.20. The Morgan fingerprint density at radius 2 is 2.07 bits per heavy atom. The number of rotatable bonds is 6. The van der Waals surface area contributed by atoms with Crippen molar-refractivity contribution in [3.05, 3.63) is 0 Å². The lowest BCUT2D eigenvalue weighted by molar-refractivity contribution is -0.154. The lowest BCUT2D eigenvalue weighted by atomic mass is 10.1. The summed E-state index contributed by atoms with van der Waals surface area (Å²) in [5.41, 5.74) is 0. The highest BCUT2D eigenvalue weighted by atomic mass is 16.5. The van der Waals surface area contributed by atoms with Crippen LogP contribution in [0.2, 0.25) is 0 Å². The van der Waals surface area contributed by atoms with E-state index in [1.807, 2.05) is 6.07 Å². The third kappa shape index (κ3) is 6.49. The van der Waals surface area contributed by atoms with Crippen LogP contribution in [0.5, 0.6) is 0 Å². The minimum atomic E-state index is -0.500. The Labute approximate surface area is 89.0 Å². The SMILES string of the molecule is CCOC(=O)C(C)CC(=O)OCCC#N. The second kappa shape index (κ2) is 7.80. The molecule has 0 fully saturated rings. The number of nitrogens with zero attached hydrogens (tertiary/aromatic N) is 1. The molecule has 0 aromatic carbocycles. The molecule has 5 nitrogen and oxygen atoms in total. The van der Waals surface area contributed by atoms with Crippen molar-refractivity contribution in [1.29, 1.82) is 5.26 Å². The highest BCUT2D eigenvalue weighted by Gasteiger charge is 2.18. The van der Waals surface area contributed by atoms with Crippen molar-refractivity contribution in [1.82, 2.24) is 0 Å². The van der Waals surface area contributed by atoms with Crippen LogP contribution in [-0.4, -0.2) is 25.2 Å². The molecule has 0 aliphatic heterocycles. The quantitative estimate of drug-likeness (QED) is 0.486. The van der Waals surface area contributed by atoms with Crippen LogP contribution in [0.4, 0.5) is 0 Å². The lowest BCUT2D eigenvalue weighted by Gasteiger charge is -2.09. The summed E-state index contributed by atoms with van der Waals surface area (Å²) in [5.74, 6) is -1.39. The first kappa shape index (κ1) is 13.4. The van der Waals surface area contributed by atoms with Gasteiger partial charge in [0.1, 0.15) is 6.61 Å². The molecule has 0 saturated heterocycles. The van der Waals surface area contributed by atoms with Gasteiger partial charge in [-0.2, -0.15) is 5.26 Å². The van der Waals surface area contributed by atoms with Gasteiger partial charge in [-0.15, -0.1) is 0 Å². The molecular weight excluding hydrogens is 198 g/mol. The monoisotopic (exact) mass is 213 g/mol. The van der Waals surface area contributed by atoms with Gasteiger partial charge in [0, 0.05) is 0 Å². The van der Waals surface area contributed by atoms with Crippen LogP contribution in [0.25, 0.3) is 0 Å². The van der Waals surface area contributed by atoms with Gasteiger partial charge in [-0.25, -0.2) is 0 Å². The molecular formula is C10H15NO4. The van der Waals surface area contributed by atoms with E-state index in [-0.39, 0.29) is 19.4 Å². The molecule has 0 spiro atoms. The summed E-state index contributed by atoms with van der Waals surface area (Å²) >= 11 is 0. The summed E-state index contributed by atoms with van der Waals surface area (Å²) in [6.07, 6.45) is 0.157. The number of esters is 2. The van der Waals surface area contributed by atoms with Crippen LogP contribution in [-0.2, 0) is 19.1 Å². The van der Waals surface area contributed by atoms with E-state index >= 15 is 0 Å². The topological polar surface area (TPSA) is 76.4 Å². The van der Waals surface area contributed by atoms with E-state index < -0.39 is 17.9 Å². The highest BCUT2D eigenvalue weighted by molar-refractivity contribution is 5.79. The number of ether oxygens (including phenoxy) is 2. The number of carbonyl (C=O) groups is 2. The minimum absolute atomic E-state index is 0.00966. The van der Waals surface area contributed by atoms with E-state index in [2.05, 4.69) is 0 Å². The minimum Gasteiger partial charge on any atom is -0.466 e. The number of nitriles is 1. The molecule has 15 heavy (non-hydrogen) atoms. The van der Waals surface area contributed by atoms with E-state index in [0.29, 0.717) is 6.61 Å². The normalized spacial score (nSPS) is 11.3. The van der Waals surface area contributed by atoms with Crippen molar-refractivity contribution in [3.63, 3.8) is 0 Å². The molecule has 0 saturated carbocycles. The van der Waals surface area contributed by atoms with Crippen molar-refractivity contribution in [3.8, 4) is 6.07 Å². The van der Waals surface area contributed by atoms with Crippen molar-refractivity contribution in [2.45, 2.75) is 26.7 Å². The Hall–Kier alpha value is -1.57. The van der Waals surface area contributed by atoms with Crippen LogP contribution in [0, 0.1) is 17.2 Å². The summed E-state index contributed by atoms with van der Waals surface area (Å²) in [7, 11) is 0. The molecule has 0 aromatic rings. The zero-order valence-corrected chi connectivity index (χ0v) is 8.99. The summed E-state index contributed by atoms with van der Waals surface area (Å²) in [6.45, 7) is 3.68. The first-order valence-electron chi connectivity index (χ1n) is 4.81. The van der Waals surface area contributed by atoms with E-state index in [4.69, 9.17) is 14.7 Å². The molecule has 0 aliphatic rings. The average molecular weight is 213 g/mol. The number of carbonyl (C=O) groups excluding carboxylic acids is 2.